The fraction of sp³-hybridized carbons (Fsp3) is 1.00. The molecule has 1 heterocycles. The molecule has 0 aromatic rings. The van der Waals surface area contributed by atoms with Crippen molar-refractivity contribution < 1.29 is 9.84 Å². The fourth-order valence-electron chi connectivity index (χ4n) is 1.64. The van der Waals surface area contributed by atoms with Crippen LogP contribution in [0.5, 0.6) is 0 Å². The van der Waals surface area contributed by atoms with Crippen molar-refractivity contribution in [2.75, 3.05) is 6.61 Å². The number of aliphatic hydroxyl groups excluding tert-OH is 1. The van der Waals surface area contributed by atoms with Crippen LogP contribution < -0.4 is 0 Å². The fourth-order valence-corrected chi connectivity index (χ4v) is 1.64. The van der Waals surface area contributed by atoms with Crippen LogP contribution in [-0.2, 0) is 4.74 Å². The number of aliphatic hydroxyl groups is 1. The smallest absolute Gasteiger partial charge is 0.0913 e. The predicted octanol–water partition coefficient (Wildman–Crippen LogP) is 1.72. The van der Waals surface area contributed by atoms with Crippen molar-refractivity contribution in [1.29, 1.82) is 0 Å². The normalized spacial score (nSPS) is 34.1. The molecule has 1 saturated heterocycles. The molecule has 1 fully saturated rings. The SMILES string of the molecule is CCC[C@@H](O)C1(C)CCCO1. The van der Waals surface area contributed by atoms with Crippen LogP contribution in [0.25, 0.3) is 0 Å². The molecule has 0 saturated carbocycles. The Bertz CT molecular complexity index is 117. The maximum atomic E-state index is 9.68. The average molecular weight is 158 g/mol. The molecular formula is C9H18O2. The van der Waals surface area contributed by atoms with Gasteiger partial charge in [0.2, 0.25) is 0 Å². The van der Waals surface area contributed by atoms with Gasteiger partial charge in [0.05, 0.1) is 11.7 Å². The van der Waals surface area contributed by atoms with Gasteiger partial charge in [-0.2, -0.15) is 0 Å². The molecule has 1 aliphatic heterocycles. The average Bonchev–Trinajstić information content (AvgIpc) is 2.38. The molecule has 0 aliphatic carbocycles. The molecule has 0 aromatic carbocycles. The second kappa shape index (κ2) is 3.55. The molecule has 1 unspecified atom stereocenters. The Morgan fingerprint density at radius 1 is 1.64 bits per heavy atom. The van der Waals surface area contributed by atoms with E-state index in [1.54, 1.807) is 0 Å². The van der Waals surface area contributed by atoms with Gasteiger partial charge in [0, 0.05) is 6.61 Å². The molecule has 1 aliphatic rings. The zero-order valence-corrected chi connectivity index (χ0v) is 7.47. The van der Waals surface area contributed by atoms with E-state index in [0.717, 1.165) is 32.3 Å². The zero-order chi connectivity index (χ0) is 8.32. The Kier molecular flexibility index (Phi) is 2.90. The number of hydrogen-bond donors (Lipinski definition) is 1. The predicted molar refractivity (Wildman–Crippen MR) is 44.5 cm³/mol. The highest BCUT2D eigenvalue weighted by Crippen LogP contribution is 2.30. The van der Waals surface area contributed by atoms with E-state index in [1.165, 1.54) is 0 Å². The minimum Gasteiger partial charge on any atom is -0.390 e. The van der Waals surface area contributed by atoms with E-state index in [0.29, 0.717) is 0 Å². The standard InChI is InChI=1S/C9H18O2/c1-3-5-8(10)9(2)6-4-7-11-9/h8,10H,3-7H2,1-2H3/t8-,9?/m1/s1. The highest BCUT2D eigenvalue weighted by Gasteiger charge is 2.36. The summed E-state index contributed by atoms with van der Waals surface area (Å²) in [4.78, 5) is 0. The molecule has 2 heteroatoms. The first kappa shape index (κ1) is 9.01. The van der Waals surface area contributed by atoms with Crippen molar-refractivity contribution >= 4 is 0 Å². The van der Waals surface area contributed by atoms with Gasteiger partial charge < -0.3 is 9.84 Å². The number of ether oxygens (including phenoxy) is 1. The van der Waals surface area contributed by atoms with E-state index in [1.807, 2.05) is 6.92 Å². The van der Waals surface area contributed by atoms with Crippen molar-refractivity contribution in [2.24, 2.45) is 0 Å². The summed E-state index contributed by atoms with van der Waals surface area (Å²) in [6.07, 6.45) is 3.72. The van der Waals surface area contributed by atoms with E-state index < -0.39 is 0 Å². The van der Waals surface area contributed by atoms with Crippen LogP contribution in [0.1, 0.15) is 39.5 Å². The maximum Gasteiger partial charge on any atom is 0.0913 e. The topological polar surface area (TPSA) is 29.5 Å². The first-order chi connectivity index (χ1) is 5.19. The van der Waals surface area contributed by atoms with Gasteiger partial charge in [-0.15, -0.1) is 0 Å². The quantitative estimate of drug-likeness (QED) is 0.677. The minimum atomic E-state index is -0.269. The second-order valence-corrected chi connectivity index (χ2v) is 3.57. The van der Waals surface area contributed by atoms with E-state index in [-0.39, 0.29) is 11.7 Å². The summed E-state index contributed by atoms with van der Waals surface area (Å²) in [7, 11) is 0. The molecule has 1 N–H and O–H groups in total. The Hall–Kier alpha value is -0.0800. The summed E-state index contributed by atoms with van der Waals surface area (Å²) in [5, 5.41) is 9.68. The van der Waals surface area contributed by atoms with E-state index in [2.05, 4.69) is 6.92 Å². The molecule has 2 atom stereocenters. The summed E-state index contributed by atoms with van der Waals surface area (Å²) in [5.74, 6) is 0. The van der Waals surface area contributed by atoms with Crippen molar-refractivity contribution in [3.63, 3.8) is 0 Å². The van der Waals surface area contributed by atoms with Gasteiger partial charge in [-0.25, -0.2) is 0 Å². The highest BCUT2D eigenvalue weighted by molar-refractivity contribution is 4.87. The lowest BCUT2D eigenvalue weighted by Crippen LogP contribution is -2.38. The Morgan fingerprint density at radius 3 is 2.82 bits per heavy atom. The molecule has 2 nitrogen and oxygen atoms in total. The Labute approximate surface area is 68.6 Å². The van der Waals surface area contributed by atoms with Gasteiger partial charge in [0.1, 0.15) is 0 Å². The lowest BCUT2D eigenvalue weighted by molar-refractivity contribution is -0.0804. The van der Waals surface area contributed by atoms with Crippen LogP contribution in [0.2, 0.25) is 0 Å². The van der Waals surface area contributed by atoms with Crippen LogP contribution in [0, 0.1) is 0 Å². The van der Waals surface area contributed by atoms with Crippen LogP contribution in [0.4, 0.5) is 0 Å². The molecule has 0 radical (unpaired) electrons. The zero-order valence-electron chi connectivity index (χ0n) is 7.47. The Balaban J connectivity index is 2.42. The van der Waals surface area contributed by atoms with Crippen molar-refractivity contribution in [3.05, 3.63) is 0 Å². The molecule has 1 rings (SSSR count). The summed E-state index contributed by atoms with van der Waals surface area (Å²) in [5.41, 5.74) is -0.240. The maximum absolute atomic E-state index is 9.68. The largest absolute Gasteiger partial charge is 0.390 e. The lowest BCUT2D eigenvalue weighted by Gasteiger charge is -2.28. The first-order valence-corrected chi connectivity index (χ1v) is 4.51. The van der Waals surface area contributed by atoms with Gasteiger partial charge in [-0.1, -0.05) is 13.3 Å². The van der Waals surface area contributed by atoms with Crippen molar-refractivity contribution in [1.82, 2.24) is 0 Å². The van der Waals surface area contributed by atoms with Crippen LogP contribution >= 0.6 is 0 Å². The number of rotatable bonds is 3. The van der Waals surface area contributed by atoms with E-state index in [4.69, 9.17) is 4.74 Å². The van der Waals surface area contributed by atoms with Gasteiger partial charge in [-0.3, -0.25) is 0 Å². The van der Waals surface area contributed by atoms with Crippen molar-refractivity contribution in [2.45, 2.75) is 51.2 Å². The molecule has 0 amide bonds. The Morgan fingerprint density at radius 2 is 2.36 bits per heavy atom. The highest BCUT2D eigenvalue weighted by atomic mass is 16.5. The third-order valence-corrected chi connectivity index (χ3v) is 2.52. The van der Waals surface area contributed by atoms with Gasteiger partial charge >= 0.3 is 0 Å². The monoisotopic (exact) mass is 158 g/mol. The number of hydrogen-bond acceptors (Lipinski definition) is 2. The van der Waals surface area contributed by atoms with Gasteiger partial charge in [0.25, 0.3) is 0 Å². The van der Waals surface area contributed by atoms with Gasteiger partial charge in [0.15, 0.2) is 0 Å². The third kappa shape index (κ3) is 1.94. The second-order valence-electron chi connectivity index (χ2n) is 3.57. The molecular weight excluding hydrogens is 140 g/mol. The van der Waals surface area contributed by atoms with Crippen LogP contribution in [0.15, 0.2) is 0 Å². The van der Waals surface area contributed by atoms with Crippen LogP contribution in [-0.4, -0.2) is 23.4 Å². The molecule has 11 heavy (non-hydrogen) atoms. The van der Waals surface area contributed by atoms with E-state index >= 15 is 0 Å². The summed E-state index contributed by atoms with van der Waals surface area (Å²) in [6.45, 7) is 4.92. The lowest BCUT2D eigenvalue weighted by atomic mass is 9.93. The molecule has 0 aromatic heterocycles. The molecule has 66 valence electrons. The third-order valence-electron chi connectivity index (χ3n) is 2.52. The first-order valence-electron chi connectivity index (χ1n) is 4.51. The van der Waals surface area contributed by atoms with Crippen LogP contribution in [0.3, 0.4) is 0 Å². The summed E-state index contributed by atoms with van der Waals surface area (Å²) < 4.78 is 5.50. The summed E-state index contributed by atoms with van der Waals surface area (Å²) in [6, 6.07) is 0. The van der Waals surface area contributed by atoms with E-state index in [9.17, 15) is 5.11 Å². The minimum absolute atomic E-state index is 0.240. The van der Waals surface area contributed by atoms with Crippen molar-refractivity contribution in [3.8, 4) is 0 Å². The van der Waals surface area contributed by atoms with Gasteiger partial charge in [-0.05, 0) is 26.2 Å². The molecule has 0 bridgehead atoms. The molecule has 0 spiro atoms. The summed E-state index contributed by atoms with van der Waals surface area (Å²) >= 11 is 0.